The summed E-state index contributed by atoms with van der Waals surface area (Å²) in [5, 5.41) is 7.29. The lowest BCUT2D eigenvalue weighted by molar-refractivity contribution is -0.137. The number of hydrogen-bond donors (Lipinski definition) is 0. The molecule has 3 aromatic rings. The summed E-state index contributed by atoms with van der Waals surface area (Å²) >= 11 is 0. The van der Waals surface area contributed by atoms with E-state index in [4.69, 9.17) is 4.74 Å². The van der Waals surface area contributed by atoms with Gasteiger partial charge in [0.1, 0.15) is 22.5 Å². The van der Waals surface area contributed by atoms with Crippen LogP contribution in [0.3, 0.4) is 0 Å². The van der Waals surface area contributed by atoms with Gasteiger partial charge in [-0.25, -0.2) is 4.63 Å². The number of alkyl halides is 3. The zero-order chi connectivity index (χ0) is 14.2. The minimum atomic E-state index is -4.36. The zero-order valence-corrected chi connectivity index (χ0v) is 9.89. The highest BCUT2D eigenvalue weighted by atomic mass is 19.4. The molecule has 4 nitrogen and oxygen atoms in total. The van der Waals surface area contributed by atoms with Crippen LogP contribution in [0.25, 0.3) is 11.0 Å². The molecule has 0 N–H and O–H groups in total. The molecule has 1 aromatic heterocycles. The average Bonchev–Trinajstić information content (AvgIpc) is 2.86. The lowest BCUT2D eigenvalue weighted by Crippen LogP contribution is -2.03. The Hall–Kier alpha value is -2.57. The predicted octanol–water partition coefficient (Wildman–Crippen LogP) is 4.03. The molecule has 102 valence electrons. The Labute approximate surface area is 110 Å². The number of fused-ring (bicyclic) bond motifs is 1. The molecule has 0 saturated heterocycles. The van der Waals surface area contributed by atoms with Crippen molar-refractivity contribution in [1.82, 2.24) is 10.3 Å². The van der Waals surface area contributed by atoms with Crippen LogP contribution in [0, 0.1) is 0 Å². The third-order valence-corrected chi connectivity index (χ3v) is 2.64. The molecule has 0 amide bonds. The van der Waals surface area contributed by atoms with Gasteiger partial charge in [-0.05, 0) is 46.7 Å². The number of rotatable bonds is 2. The van der Waals surface area contributed by atoms with E-state index in [0.29, 0.717) is 22.5 Å². The van der Waals surface area contributed by atoms with Gasteiger partial charge in [-0.3, -0.25) is 0 Å². The summed E-state index contributed by atoms with van der Waals surface area (Å²) in [5.74, 6) is 0.738. The third-order valence-electron chi connectivity index (χ3n) is 2.64. The molecule has 0 radical (unpaired) electrons. The summed E-state index contributed by atoms with van der Waals surface area (Å²) in [6.45, 7) is 0. The van der Waals surface area contributed by atoms with E-state index in [1.165, 1.54) is 12.1 Å². The maximum Gasteiger partial charge on any atom is 0.416 e. The highest BCUT2D eigenvalue weighted by Gasteiger charge is 2.30. The van der Waals surface area contributed by atoms with E-state index < -0.39 is 11.7 Å². The molecule has 7 heteroatoms. The van der Waals surface area contributed by atoms with Gasteiger partial charge in [0.05, 0.1) is 5.56 Å². The van der Waals surface area contributed by atoms with Gasteiger partial charge in [-0.1, -0.05) is 0 Å². The van der Waals surface area contributed by atoms with Crippen LogP contribution in [0.4, 0.5) is 13.2 Å². The van der Waals surface area contributed by atoms with Crippen LogP contribution in [0.5, 0.6) is 11.5 Å². The molecule has 1 heterocycles. The molecule has 0 atom stereocenters. The van der Waals surface area contributed by atoms with Gasteiger partial charge in [0, 0.05) is 6.07 Å². The molecule has 0 unspecified atom stereocenters. The van der Waals surface area contributed by atoms with Crippen molar-refractivity contribution in [2.24, 2.45) is 0 Å². The van der Waals surface area contributed by atoms with Crippen molar-refractivity contribution in [3.8, 4) is 11.5 Å². The zero-order valence-electron chi connectivity index (χ0n) is 9.89. The van der Waals surface area contributed by atoms with Gasteiger partial charge in [-0.2, -0.15) is 13.2 Å². The fourth-order valence-electron chi connectivity index (χ4n) is 1.67. The van der Waals surface area contributed by atoms with Crippen molar-refractivity contribution in [2.45, 2.75) is 6.18 Å². The minimum Gasteiger partial charge on any atom is -0.457 e. The second kappa shape index (κ2) is 4.52. The maximum atomic E-state index is 12.4. The van der Waals surface area contributed by atoms with E-state index in [1.807, 2.05) is 0 Å². The van der Waals surface area contributed by atoms with Crippen LogP contribution < -0.4 is 4.74 Å². The smallest absolute Gasteiger partial charge is 0.416 e. The van der Waals surface area contributed by atoms with Gasteiger partial charge < -0.3 is 4.74 Å². The summed E-state index contributed by atoms with van der Waals surface area (Å²) in [4.78, 5) is 0. The first-order valence-electron chi connectivity index (χ1n) is 5.60. The fourth-order valence-corrected chi connectivity index (χ4v) is 1.67. The fraction of sp³-hybridized carbons (Fsp3) is 0.0769. The maximum absolute atomic E-state index is 12.4. The van der Waals surface area contributed by atoms with Crippen molar-refractivity contribution < 1.29 is 22.5 Å². The summed E-state index contributed by atoms with van der Waals surface area (Å²) in [5.41, 5.74) is 0.361. The molecule has 0 aliphatic carbocycles. The van der Waals surface area contributed by atoms with Crippen LogP contribution in [0.1, 0.15) is 5.56 Å². The van der Waals surface area contributed by atoms with Crippen LogP contribution in [0.15, 0.2) is 47.1 Å². The molecular formula is C13H7F3N2O2. The Kier molecular flexibility index (Phi) is 2.81. The van der Waals surface area contributed by atoms with Crippen LogP contribution in [-0.2, 0) is 6.18 Å². The van der Waals surface area contributed by atoms with Crippen molar-refractivity contribution in [3.05, 3.63) is 48.0 Å². The van der Waals surface area contributed by atoms with Crippen molar-refractivity contribution in [1.29, 1.82) is 0 Å². The van der Waals surface area contributed by atoms with Gasteiger partial charge in [0.2, 0.25) is 0 Å². The first-order valence-corrected chi connectivity index (χ1v) is 5.60. The summed E-state index contributed by atoms with van der Waals surface area (Å²) < 4.78 is 47.2. The Morgan fingerprint density at radius 1 is 0.850 bits per heavy atom. The highest BCUT2D eigenvalue weighted by molar-refractivity contribution is 5.74. The standard InChI is InChI=1S/C13H7F3N2O2/c14-13(15,16)8-1-3-9(4-2-8)19-10-5-6-11-12(7-10)18-20-17-11/h1-7H. The molecule has 0 saturated carbocycles. The number of hydrogen-bond acceptors (Lipinski definition) is 4. The second-order valence-corrected chi connectivity index (χ2v) is 4.04. The quantitative estimate of drug-likeness (QED) is 0.711. The van der Waals surface area contributed by atoms with E-state index >= 15 is 0 Å². The molecule has 0 bridgehead atoms. The summed E-state index contributed by atoms with van der Waals surface area (Å²) in [7, 11) is 0. The lowest BCUT2D eigenvalue weighted by Gasteiger charge is -2.08. The Balaban J connectivity index is 1.83. The predicted molar refractivity (Wildman–Crippen MR) is 63.3 cm³/mol. The Morgan fingerprint density at radius 3 is 2.20 bits per heavy atom. The largest absolute Gasteiger partial charge is 0.457 e. The molecule has 0 spiro atoms. The Bertz CT molecular complexity index is 735. The molecule has 2 aromatic carbocycles. The topological polar surface area (TPSA) is 48.2 Å². The normalized spacial score (nSPS) is 11.8. The molecule has 0 aliphatic rings. The van der Waals surface area contributed by atoms with Crippen LogP contribution in [-0.4, -0.2) is 10.3 Å². The minimum absolute atomic E-state index is 0.300. The van der Waals surface area contributed by atoms with Crippen LogP contribution in [0.2, 0.25) is 0 Å². The number of nitrogens with zero attached hydrogens (tertiary/aromatic N) is 2. The third kappa shape index (κ3) is 2.42. The van der Waals surface area contributed by atoms with Crippen LogP contribution >= 0.6 is 0 Å². The van der Waals surface area contributed by atoms with Crippen molar-refractivity contribution in [3.63, 3.8) is 0 Å². The molecule has 20 heavy (non-hydrogen) atoms. The van der Waals surface area contributed by atoms with Gasteiger partial charge in [-0.15, -0.1) is 0 Å². The van der Waals surface area contributed by atoms with E-state index in [-0.39, 0.29) is 0 Å². The number of benzene rings is 2. The van der Waals surface area contributed by atoms with Gasteiger partial charge in [0.25, 0.3) is 0 Å². The lowest BCUT2D eigenvalue weighted by atomic mass is 10.2. The monoisotopic (exact) mass is 280 g/mol. The van der Waals surface area contributed by atoms with Crippen molar-refractivity contribution >= 4 is 11.0 Å². The molecule has 3 rings (SSSR count). The second-order valence-electron chi connectivity index (χ2n) is 4.04. The molecule has 0 fully saturated rings. The van der Waals surface area contributed by atoms with Gasteiger partial charge in [0.15, 0.2) is 0 Å². The van der Waals surface area contributed by atoms with Gasteiger partial charge >= 0.3 is 6.18 Å². The highest BCUT2D eigenvalue weighted by Crippen LogP contribution is 2.31. The summed E-state index contributed by atoms with van der Waals surface area (Å²) in [6.07, 6.45) is -4.36. The molecule has 0 aliphatic heterocycles. The summed E-state index contributed by atoms with van der Waals surface area (Å²) in [6, 6.07) is 9.30. The number of aromatic nitrogens is 2. The van der Waals surface area contributed by atoms with E-state index in [2.05, 4.69) is 14.9 Å². The van der Waals surface area contributed by atoms with Crippen molar-refractivity contribution in [2.75, 3.05) is 0 Å². The first kappa shape index (κ1) is 12.5. The van der Waals surface area contributed by atoms with E-state index in [9.17, 15) is 13.2 Å². The number of halogens is 3. The van der Waals surface area contributed by atoms with E-state index in [0.717, 1.165) is 12.1 Å². The Morgan fingerprint density at radius 2 is 1.50 bits per heavy atom. The number of ether oxygens (including phenoxy) is 1. The molecular weight excluding hydrogens is 273 g/mol. The average molecular weight is 280 g/mol. The first-order chi connectivity index (χ1) is 9.52. The SMILES string of the molecule is FC(F)(F)c1ccc(Oc2ccc3nonc3c2)cc1. The van der Waals surface area contributed by atoms with E-state index in [1.54, 1.807) is 18.2 Å².